The molecule has 2 fully saturated rings. The van der Waals surface area contributed by atoms with E-state index in [2.05, 4.69) is 0 Å². The molecule has 0 radical (unpaired) electrons. The summed E-state index contributed by atoms with van der Waals surface area (Å²) in [5.74, 6) is -3.64. The molecule has 0 amide bonds. The fourth-order valence-corrected chi connectivity index (χ4v) is 9.79. The highest BCUT2D eigenvalue weighted by molar-refractivity contribution is 7.92. The molecule has 0 spiro atoms. The van der Waals surface area contributed by atoms with Gasteiger partial charge in [-0.25, -0.2) is 25.6 Å². The van der Waals surface area contributed by atoms with Crippen LogP contribution in [0, 0.1) is 17.6 Å². The quantitative estimate of drug-likeness (QED) is 0.538. The number of rotatable bonds is 7. The van der Waals surface area contributed by atoms with Crippen LogP contribution in [0.25, 0.3) is 0 Å². The van der Waals surface area contributed by atoms with Gasteiger partial charge in [0.25, 0.3) is 0 Å². The van der Waals surface area contributed by atoms with Crippen molar-refractivity contribution < 1.29 is 35.5 Å². The van der Waals surface area contributed by atoms with Crippen LogP contribution in [0.3, 0.4) is 0 Å². The monoisotopic (exact) mass is 561 g/mol. The molecule has 12 heteroatoms. The van der Waals surface area contributed by atoms with Gasteiger partial charge in [0, 0.05) is 17.1 Å². The summed E-state index contributed by atoms with van der Waals surface area (Å²) in [5, 5.41) is 9.68. The standard InChI is InChI=1S/C24H26ClF2NO6S2/c25-17-3-6-19(7-4-17)36(33,34)24(20-14-18(26)5-8-21(20)27)11-9-16(10-12-24)15-35(31,32)28-13-1-2-22(28)23(29)30/h3-8,14,16,22H,1-2,9-13,15H2,(H,29,30)/t16?,22-,24?/m1/s1. The summed E-state index contributed by atoms with van der Waals surface area (Å²) in [5.41, 5.74) is -0.288. The molecule has 1 N–H and O–H groups in total. The molecular weight excluding hydrogens is 536 g/mol. The Balaban J connectivity index is 1.66. The molecule has 4 rings (SSSR count). The molecule has 1 heterocycles. The summed E-state index contributed by atoms with van der Waals surface area (Å²) in [6, 6.07) is 7.01. The van der Waals surface area contributed by atoms with Crippen LogP contribution in [-0.4, -0.2) is 50.6 Å². The summed E-state index contributed by atoms with van der Waals surface area (Å²) < 4.78 is 82.2. The second-order valence-corrected chi connectivity index (χ2v) is 14.1. The number of carboxylic acid groups (broad SMARTS) is 1. The topological polar surface area (TPSA) is 109 Å². The molecule has 0 unspecified atom stereocenters. The molecule has 2 aromatic carbocycles. The molecule has 1 saturated heterocycles. The van der Waals surface area contributed by atoms with Crippen LogP contribution in [-0.2, 0) is 29.4 Å². The maximum Gasteiger partial charge on any atom is 0.322 e. The van der Waals surface area contributed by atoms with Gasteiger partial charge in [-0.2, -0.15) is 4.31 Å². The van der Waals surface area contributed by atoms with Crippen molar-refractivity contribution in [2.45, 2.75) is 54.2 Å². The third-order valence-corrected chi connectivity index (χ3v) is 12.1. The SMILES string of the molecule is O=C(O)[C@H]1CCCN1S(=O)(=O)CC1CCC(c2cc(F)ccc2F)(S(=O)(=O)c2ccc(Cl)cc2)CC1. The van der Waals surface area contributed by atoms with Crippen LogP contribution < -0.4 is 0 Å². The summed E-state index contributed by atoms with van der Waals surface area (Å²) in [6.45, 7) is 0.120. The summed E-state index contributed by atoms with van der Waals surface area (Å²) >= 11 is 5.91. The number of hydrogen-bond acceptors (Lipinski definition) is 5. The van der Waals surface area contributed by atoms with E-state index in [1.165, 1.54) is 24.3 Å². The van der Waals surface area contributed by atoms with Gasteiger partial charge in [0.2, 0.25) is 10.0 Å². The molecule has 1 aliphatic carbocycles. The molecule has 2 aromatic rings. The molecule has 7 nitrogen and oxygen atoms in total. The molecule has 0 aromatic heterocycles. The Hall–Kier alpha value is -2.08. The number of carboxylic acids is 1. The number of hydrogen-bond donors (Lipinski definition) is 1. The largest absolute Gasteiger partial charge is 0.480 e. The number of aliphatic carboxylic acids is 1. The van der Waals surface area contributed by atoms with E-state index in [0.29, 0.717) is 11.4 Å². The van der Waals surface area contributed by atoms with Crippen LogP contribution in [0.4, 0.5) is 8.78 Å². The van der Waals surface area contributed by atoms with Gasteiger partial charge in [-0.05, 0) is 86.9 Å². The average molecular weight is 562 g/mol. The Kier molecular flexibility index (Phi) is 7.49. The zero-order chi connectivity index (χ0) is 26.3. The van der Waals surface area contributed by atoms with Crippen LogP contribution >= 0.6 is 11.6 Å². The average Bonchev–Trinajstić information content (AvgIpc) is 3.33. The van der Waals surface area contributed by atoms with Gasteiger partial charge in [0.15, 0.2) is 9.84 Å². The first-order valence-corrected chi connectivity index (χ1v) is 15.0. The number of sulfonamides is 1. The maximum absolute atomic E-state index is 15.0. The number of sulfone groups is 1. The van der Waals surface area contributed by atoms with Gasteiger partial charge in [-0.1, -0.05) is 11.6 Å². The fraction of sp³-hybridized carbons (Fsp3) is 0.458. The third-order valence-electron chi connectivity index (χ3n) is 7.26. The summed E-state index contributed by atoms with van der Waals surface area (Å²) in [6.07, 6.45) is 0.672. The molecule has 36 heavy (non-hydrogen) atoms. The van der Waals surface area contributed by atoms with Crippen molar-refractivity contribution in [2.24, 2.45) is 5.92 Å². The van der Waals surface area contributed by atoms with Crippen LogP contribution in [0.2, 0.25) is 5.02 Å². The minimum atomic E-state index is -4.24. The molecular formula is C24H26ClF2NO6S2. The van der Waals surface area contributed by atoms with Gasteiger partial charge in [0.1, 0.15) is 22.4 Å². The second kappa shape index (κ2) is 10.00. The van der Waals surface area contributed by atoms with Crippen molar-refractivity contribution in [3.05, 3.63) is 64.7 Å². The van der Waals surface area contributed by atoms with Gasteiger partial charge in [-0.15, -0.1) is 0 Å². The predicted octanol–water partition coefficient (Wildman–Crippen LogP) is 4.36. The van der Waals surface area contributed by atoms with Gasteiger partial charge in [0.05, 0.1) is 10.6 Å². The lowest BCUT2D eigenvalue weighted by Crippen LogP contribution is -2.45. The summed E-state index contributed by atoms with van der Waals surface area (Å²) in [4.78, 5) is 11.4. The van der Waals surface area contributed by atoms with Crippen molar-refractivity contribution in [3.8, 4) is 0 Å². The van der Waals surface area contributed by atoms with Crippen molar-refractivity contribution in [2.75, 3.05) is 12.3 Å². The molecule has 1 aliphatic heterocycles. The Labute approximate surface area is 214 Å². The first-order valence-electron chi connectivity index (χ1n) is 11.6. The molecule has 1 saturated carbocycles. The zero-order valence-electron chi connectivity index (χ0n) is 19.2. The Morgan fingerprint density at radius 2 is 1.67 bits per heavy atom. The van der Waals surface area contributed by atoms with E-state index in [1.807, 2.05) is 0 Å². The highest BCUT2D eigenvalue weighted by Crippen LogP contribution is 2.49. The molecule has 0 bridgehead atoms. The minimum Gasteiger partial charge on any atom is -0.480 e. The minimum absolute atomic E-state index is 0.0944. The highest BCUT2D eigenvalue weighted by Gasteiger charge is 2.51. The van der Waals surface area contributed by atoms with Crippen LogP contribution in [0.15, 0.2) is 47.4 Å². The number of halogens is 3. The first kappa shape index (κ1) is 27.0. The van der Waals surface area contributed by atoms with E-state index < -0.39 is 54.2 Å². The van der Waals surface area contributed by atoms with E-state index >= 15 is 0 Å². The normalized spacial score (nSPS) is 25.6. The molecule has 1 atom stereocenters. The van der Waals surface area contributed by atoms with E-state index in [-0.39, 0.29) is 54.9 Å². The van der Waals surface area contributed by atoms with E-state index in [0.717, 1.165) is 22.5 Å². The van der Waals surface area contributed by atoms with Crippen molar-refractivity contribution in [1.29, 1.82) is 0 Å². The van der Waals surface area contributed by atoms with E-state index in [1.54, 1.807) is 0 Å². The van der Waals surface area contributed by atoms with Crippen molar-refractivity contribution in [3.63, 3.8) is 0 Å². The Morgan fingerprint density at radius 3 is 2.28 bits per heavy atom. The number of nitrogens with zero attached hydrogens (tertiary/aromatic N) is 1. The smallest absolute Gasteiger partial charge is 0.322 e. The lowest BCUT2D eigenvalue weighted by molar-refractivity contribution is -0.140. The summed E-state index contributed by atoms with van der Waals surface area (Å²) in [7, 11) is -8.15. The van der Waals surface area contributed by atoms with Gasteiger partial charge in [-0.3, -0.25) is 4.79 Å². The predicted molar refractivity (Wildman–Crippen MR) is 130 cm³/mol. The second-order valence-electron chi connectivity index (χ2n) is 9.40. The number of carbonyl (C=O) groups is 1. The fourth-order valence-electron chi connectivity index (χ4n) is 5.39. The first-order chi connectivity index (χ1) is 16.9. The zero-order valence-corrected chi connectivity index (χ0v) is 21.6. The Morgan fingerprint density at radius 1 is 1.03 bits per heavy atom. The van der Waals surface area contributed by atoms with E-state index in [9.17, 15) is 35.5 Å². The van der Waals surface area contributed by atoms with Gasteiger partial charge < -0.3 is 5.11 Å². The third kappa shape index (κ3) is 4.90. The molecule has 2 aliphatic rings. The Bertz CT molecular complexity index is 1360. The molecule has 196 valence electrons. The van der Waals surface area contributed by atoms with Crippen LogP contribution in [0.5, 0.6) is 0 Å². The number of benzene rings is 2. The maximum atomic E-state index is 15.0. The highest BCUT2D eigenvalue weighted by atomic mass is 35.5. The van der Waals surface area contributed by atoms with Crippen LogP contribution in [0.1, 0.15) is 44.1 Å². The lowest BCUT2D eigenvalue weighted by Gasteiger charge is -2.40. The van der Waals surface area contributed by atoms with Crippen molar-refractivity contribution >= 4 is 37.4 Å². The lowest BCUT2D eigenvalue weighted by atomic mass is 9.78. The van der Waals surface area contributed by atoms with E-state index in [4.69, 9.17) is 11.6 Å². The van der Waals surface area contributed by atoms with Gasteiger partial charge >= 0.3 is 5.97 Å². The van der Waals surface area contributed by atoms with Crippen molar-refractivity contribution in [1.82, 2.24) is 4.31 Å².